The van der Waals surface area contributed by atoms with E-state index in [0.29, 0.717) is 0 Å². The highest BCUT2D eigenvalue weighted by atomic mass is 32.1. The number of benzene rings is 1. The molecule has 1 unspecified atom stereocenters. The topological polar surface area (TPSA) is 38.3 Å². The molecule has 1 aromatic carbocycles. The second-order valence-corrected chi connectivity index (χ2v) is 6.34. The van der Waals surface area contributed by atoms with Crippen LogP contribution in [0.2, 0.25) is 0 Å². The van der Waals surface area contributed by atoms with E-state index in [1.807, 2.05) is 50.4 Å². The molecule has 0 bridgehead atoms. The number of amides is 1. The summed E-state index contributed by atoms with van der Waals surface area (Å²) in [5.74, 6) is 0.681. The van der Waals surface area contributed by atoms with Crippen LogP contribution >= 0.6 is 11.3 Å². The van der Waals surface area contributed by atoms with Crippen LogP contribution in [0.5, 0.6) is 5.75 Å². The first kappa shape index (κ1) is 15.6. The van der Waals surface area contributed by atoms with E-state index in [2.05, 4.69) is 11.4 Å². The maximum Gasteiger partial charge on any atom is 0.258 e. The van der Waals surface area contributed by atoms with Crippen molar-refractivity contribution in [3.63, 3.8) is 0 Å². The lowest BCUT2D eigenvalue weighted by molar-refractivity contribution is -0.123. The van der Waals surface area contributed by atoms with E-state index in [4.69, 9.17) is 4.74 Å². The van der Waals surface area contributed by atoms with Crippen molar-refractivity contribution in [2.75, 3.05) is 6.61 Å². The molecule has 0 spiro atoms. The standard InChI is InChI=1S/C17H21NO2S/c1-12-6-7-16(13(2)9-12)20-11-17(19)18-14(3)10-15-5-4-8-21-15/h4-9,14H,10-11H2,1-3H3,(H,18,19). The molecule has 0 aliphatic heterocycles. The normalized spacial score (nSPS) is 12.0. The van der Waals surface area contributed by atoms with Gasteiger partial charge >= 0.3 is 0 Å². The Kier molecular flexibility index (Phi) is 5.39. The van der Waals surface area contributed by atoms with Crippen molar-refractivity contribution in [2.45, 2.75) is 33.2 Å². The second-order valence-electron chi connectivity index (χ2n) is 5.31. The molecule has 1 heterocycles. The van der Waals surface area contributed by atoms with Crippen molar-refractivity contribution < 1.29 is 9.53 Å². The molecule has 1 atom stereocenters. The number of rotatable bonds is 6. The fourth-order valence-corrected chi connectivity index (χ4v) is 3.04. The number of hydrogen-bond acceptors (Lipinski definition) is 3. The van der Waals surface area contributed by atoms with Gasteiger partial charge in [-0.15, -0.1) is 11.3 Å². The fraction of sp³-hybridized carbons (Fsp3) is 0.353. The van der Waals surface area contributed by atoms with Gasteiger partial charge in [-0.25, -0.2) is 0 Å². The third-order valence-electron chi connectivity index (χ3n) is 3.18. The van der Waals surface area contributed by atoms with Crippen molar-refractivity contribution >= 4 is 17.2 Å². The quantitative estimate of drug-likeness (QED) is 0.887. The monoisotopic (exact) mass is 303 g/mol. The second kappa shape index (κ2) is 7.27. The van der Waals surface area contributed by atoms with Crippen LogP contribution in [0.4, 0.5) is 0 Å². The first-order valence-electron chi connectivity index (χ1n) is 7.06. The average Bonchev–Trinajstić information content (AvgIpc) is 2.90. The molecule has 0 fully saturated rings. The minimum Gasteiger partial charge on any atom is -0.484 e. The number of thiophene rings is 1. The predicted molar refractivity (Wildman–Crippen MR) is 87.0 cm³/mol. The van der Waals surface area contributed by atoms with Crippen LogP contribution in [0.15, 0.2) is 35.7 Å². The number of nitrogens with one attached hydrogen (secondary N) is 1. The van der Waals surface area contributed by atoms with Gasteiger partial charge in [0.25, 0.3) is 5.91 Å². The van der Waals surface area contributed by atoms with Gasteiger partial charge in [-0.05, 0) is 43.8 Å². The first-order valence-corrected chi connectivity index (χ1v) is 7.94. The van der Waals surface area contributed by atoms with Crippen LogP contribution in [0.25, 0.3) is 0 Å². The zero-order valence-electron chi connectivity index (χ0n) is 12.7. The van der Waals surface area contributed by atoms with Gasteiger partial charge in [0.15, 0.2) is 6.61 Å². The van der Waals surface area contributed by atoms with Gasteiger partial charge in [0, 0.05) is 17.3 Å². The van der Waals surface area contributed by atoms with Gasteiger partial charge in [0.1, 0.15) is 5.75 Å². The molecular weight excluding hydrogens is 282 g/mol. The van der Waals surface area contributed by atoms with Crippen LogP contribution in [-0.4, -0.2) is 18.6 Å². The van der Waals surface area contributed by atoms with Crippen molar-refractivity contribution in [2.24, 2.45) is 0 Å². The minimum atomic E-state index is -0.0842. The SMILES string of the molecule is Cc1ccc(OCC(=O)NC(C)Cc2cccs2)c(C)c1. The predicted octanol–water partition coefficient (Wildman–Crippen LogP) is 3.49. The van der Waals surface area contributed by atoms with Crippen LogP contribution in [0, 0.1) is 13.8 Å². The van der Waals surface area contributed by atoms with Gasteiger partial charge in [-0.2, -0.15) is 0 Å². The summed E-state index contributed by atoms with van der Waals surface area (Å²) in [6.45, 7) is 6.09. The van der Waals surface area contributed by atoms with Crippen LogP contribution in [0.1, 0.15) is 22.9 Å². The number of carbonyl (C=O) groups is 1. The Morgan fingerprint density at radius 2 is 2.14 bits per heavy atom. The molecule has 3 nitrogen and oxygen atoms in total. The molecule has 1 amide bonds. The fourth-order valence-electron chi connectivity index (χ4n) is 2.20. The number of ether oxygens (including phenoxy) is 1. The highest BCUT2D eigenvalue weighted by Crippen LogP contribution is 2.18. The van der Waals surface area contributed by atoms with E-state index in [9.17, 15) is 4.79 Å². The largest absolute Gasteiger partial charge is 0.484 e. The van der Waals surface area contributed by atoms with Crippen molar-refractivity contribution in [3.8, 4) is 5.75 Å². The Balaban J connectivity index is 1.79. The molecule has 4 heteroatoms. The maximum absolute atomic E-state index is 11.9. The number of aryl methyl sites for hydroxylation is 2. The van der Waals surface area contributed by atoms with E-state index in [1.165, 1.54) is 10.4 Å². The summed E-state index contributed by atoms with van der Waals surface area (Å²) in [6.07, 6.45) is 0.854. The summed E-state index contributed by atoms with van der Waals surface area (Å²) in [6, 6.07) is 10.2. The summed E-state index contributed by atoms with van der Waals surface area (Å²) in [5, 5.41) is 5.01. The van der Waals surface area contributed by atoms with Gasteiger partial charge in [-0.1, -0.05) is 23.8 Å². The minimum absolute atomic E-state index is 0.0542. The third-order valence-corrected chi connectivity index (χ3v) is 4.08. The molecule has 21 heavy (non-hydrogen) atoms. The van der Waals surface area contributed by atoms with Crippen LogP contribution in [-0.2, 0) is 11.2 Å². The Hall–Kier alpha value is -1.81. The summed E-state index contributed by atoms with van der Waals surface area (Å²) >= 11 is 1.71. The lowest BCUT2D eigenvalue weighted by Gasteiger charge is -2.14. The van der Waals surface area contributed by atoms with E-state index in [1.54, 1.807) is 11.3 Å². The summed E-state index contributed by atoms with van der Waals surface area (Å²) in [7, 11) is 0. The molecule has 112 valence electrons. The molecule has 0 saturated carbocycles. The number of hydrogen-bond donors (Lipinski definition) is 1. The lowest BCUT2D eigenvalue weighted by atomic mass is 10.1. The molecule has 0 saturated heterocycles. The van der Waals surface area contributed by atoms with E-state index < -0.39 is 0 Å². The molecule has 2 rings (SSSR count). The van der Waals surface area contributed by atoms with Gasteiger partial charge in [-0.3, -0.25) is 4.79 Å². The molecule has 2 aromatic rings. The summed E-state index contributed by atoms with van der Waals surface area (Å²) < 4.78 is 5.58. The summed E-state index contributed by atoms with van der Waals surface area (Å²) in [5.41, 5.74) is 2.24. The van der Waals surface area contributed by atoms with Crippen molar-refractivity contribution in [3.05, 3.63) is 51.7 Å². The van der Waals surface area contributed by atoms with E-state index in [-0.39, 0.29) is 18.6 Å². The van der Waals surface area contributed by atoms with Crippen LogP contribution in [0.3, 0.4) is 0 Å². The average molecular weight is 303 g/mol. The summed E-state index contributed by atoms with van der Waals surface area (Å²) in [4.78, 5) is 13.2. The zero-order valence-corrected chi connectivity index (χ0v) is 13.5. The van der Waals surface area contributed by atoms with Crippen LogP contribution < -0.4 is 10.1 Å². The lowest BCUT2D eigenvalue weighted by Crippen LogP contribution is -2.37. The first-order chi connectivity index (χ1) is 10.0. The highest BCUT2D eigenvalue weighted by molar-refractivity contribution is 7.09. The molecule has 1 N–H and O–H groups in total. The number of carbonyl (C=O) groups excluding carboxylic acids is 1. The van der Waals surface area contributed by atoms with Crippen molar-refractivity contribution in [1.82, 2.24) is 5.32 Å². The Morgan fingerprint density at radius 1 is 1.33 bits per heavy atom. The Labute approximate surface area is 130 Å². The Bertz CT molecular complexity index is 593. The highest BCUT2D eigenvalue weighted by Gasteiger charge is 2.10. The third kappa shape index (κ3) is 4.90. The molecule has 0 aliphatic rings. The Morgan fingerprint density at radius 3 is 2.81 bits per heavy atom. The molecular formula is C17H21NO2S. The zero-order chi connectivity index (χ0) is 15.2. The van der Waals surface area contributed by atoms with Crippen molar-refractivity contribution in [1.29, 1.82) is 0 Å². The van der Waals surface area contributed by atoms with Gasteiger partial charge in [0.05, 0.1) is 0 Å². The van der Waals surface area contributed by atoms with E-state index >= 15 is 0 Å². The smallest absolute Gasteiger partial charge is 0.258 e. The van der Waals surface area contributed by atoms with Gasteiger partial charge in [0.2, 0.25) is 0 Å². The maximum atomic E-state index is 11.9. The van der Waals surface area contributed by atoms with E-state index in [0.717, 1.165) is 17.7 Å². The van der Waals surface area contributed by atoms with Gasteiger partial charge < -0.3 is 10.1 Å². The molecule has 0 aliphatic carbocycles. The molecule has 0 radical (unpaired) electrons. The molecule has 1 aromatic heterocycles.